The Kier molecular flexibility index (Phi) is 4.00. The van der Waals surface area contributed by atoms with Crippen molar-refractivity contribution in [3.8, 4) is 11.5 Å². The minimum absolute atomic E-state index is 0.631. The number of para-hydroxylation sites is 1. The highest BCUT2D eigenvalue weighted by Gasteiger charge is 2.27. The molecule has 0 saturated carbocycles. The van der Waals surface area contributed by atoms with Crippen molar-refractivity contribution in [2.24, 2.45) is 0 Å². The zero-order valence-electron chi connectivity index (χ0n) is 9.76. The Hall–Kier alpha value is -1.88. The first-order valence-corrected chi connectivity index (χ1v) is 8.19. The number of nitro groups is 1. The lowest BCUT2D eigenvalue weighted by molar-refractivity contribution is -0.386. The quantitative estimate of drug-likeness (QED) is 0.430. The molecule has 0 spiro atoms. The number of rotatable bonds is 5. The molecule has 0 bridgehead atoms. The standard InChI is InChI=1S/C8H9NO8S2/c1-18(12,13)16-6-4-3-5-7(8(6)9(10)11)17-19(2,14)15/h3-5H,1-2H3. The summed E-state index contributed by atoms with van der Waals surface area (Å²) in [5.74, 6) is -1.26. The van der Waals surface area contributed by atoms with Crippen molar-refractivity contribution in [2.75, 3.05) is 12.5 Å². The zero-order valence-corrected chi connectivity index (χ0v) is 11.4. The molecule has 1 rings (SSSR count). The number of hydrogen-bond acceptors (Lipinski definition) is 8. The first-order chi connectivity index (χ1) is 8.49. The van der Waals surface area contributed by atoms with Gasteiger partial charge in [0, 0.05) is 0 Å². The third-order valence-electron chi connectivity index (χ3n) is 1.63. The number of nitro benzene ring substituents is 1. The van der Waals surface area contributed by atoms with Crippen LogP contribution in [0.15, 0.2) is 18.2 Å². The summed E-state index contributed by atoms with van der Waals surface area (Å²) in [6.07, 6.45) is 1.39. The molecular formula is C8H9NO8S2. The van der Waals surface area contributed by atoms with Crippen molar-refractivity contribution in [3.05, 3.63) is 28.3 Å². The Bertz CT molecular complexity index is 654. The van der Waals surface area contributed by atoms with Gasteiger partial charge in [-0.25, -0.2) is 0 Å². The minimum atomic E-state index is -4.00. The van der Waals surface area contributed by atoms with Gasteiger partial charge in [0.05, 0.1) is 17.4 Å². The molecule has 0 atom stereocenters. The van der Waals surface area contributed by atoms with E-state index in [1.54, 1.807) is 0 Å². The van der Waals surface area contributed by atoms with E-state index in [0.29, 0.717) is 12.5 Å². The van der Waals surface area contributed by atoms with Gasteiger partial charge in [0.25, 0.3) is 0 Å². The summed E-state index contributed by atoms with van der Waals surface area (Å²) in [7, 11) is -8.01. The monoisotopic (exact) mass is 311 g/mol. The van der Waals surface area contributed by atoms with Gasteiger partial charge in [-0.15, -0.1) is 0 Å². The second-order valence-electron chi connectivity index (χ2n) is 3.43. The molecule has 1 aromatic rings. The first kappa shape index (κ1) is 15.2. The first-order valence-electron chi connectivity index (χ1n) is 4.56. The SMILES string of the molecule is CS(=O)(=O)Oc1cccc(OS(C)(=O)=O)c1[N+](=O)[O-]. The molecular weight excluding hydrogens is 302 g/mol. The van der Waals surface area contributed by atoms with Crippen molar-refractivity contribution in [1.82, 2.24) is 0 Å². The van der Waals surface area contributed by atoms with Crippen LogP contribution in [-0.4, -0.2) is 34.3 Å². The fourth-order valence-electron chi connectivity index (χ4n) is 1.14. The van der Waals surface area contributed by atoms with Gasteiger partial charge in [-0.1, -0.05) is 6.07 Å². The summed E-state index contributed by atoms with van der Waals surface area (Å²) in [4.78, 5) is 9.87. The van der Waals surface area contributed by atoms with E-state index < -0.39 is 42.3 Å². The lowest BCUT2D eigenvalue weighted by Gasteiger charge is -2.07. The number of nitrogens with zero attached hydrogens (tertiary/aromatic N) is 1. The second-order valence-corrected chi connectivity index (χ2v) is 6.58. The van der Waals surface area contributed by atoms with E-state index in [-0.39, 0.29) is 0 Å². The Labute approximate surface area is 109 Å². The lowest BCUT2D eigenvalue weighted by Crippen LogP contribution is -2.10. The van der Waals surface area contributed by atoms with Gasteiger partial charge in [-0.3, -0.25) is 10.1 Å². The lowest BCUT2D eigenvalue weighted by atomic mass is 10.3. The summed E-state index contributed by atoms with van der Waals surface area (Å²) in [6, 6.07) is 3.18. The van der Waals surface area contributed by atoms with Gasteiger partial charge < -0.3 is 8.37 Å². The highest BCUT2D eigenvalue weighted by molar-refractivity contribution is 7.86. The van der Waals surface area contributed by atoms with Gasteiger partial charge in [0.1, 0.15) is 0 Å². The van der Waals surface area contributed by atoms with E-state index in [4.69, 9.17) is 0 Å². The van der Waals surface area contributed by atoms with Crippen LogP contribution in [0.1, 0.15) is 0 Å². The average Bonchev–Trinajstić information content (AvgIpc) is 2.11. The van der Waals surface area contributed by atoms with Crippen molar-refractivity contribution < 1.29 is 30.1 Å². The van der Waals surface area contributed by atoms with Crippen LogP contribution in [0.3, 0.4) is 0 Å². The fraction of sp³-hybridized carbons (Fsp3) is 0.250. The van der Waals surface area contributed by atoms with Crippen LogP contribution in [0.2, 0.25) is 0 Å². The Balaban J connectivity index is 3.42. The van der Waals surface area contributed by atoms with Crippen molar-refractivity contribution in [3.63, 3.8) is 0 Å². The Morgan fingerprint density at radius 3 is 1.63 bits per heavy atom. The molecule has 9 nitrogen and oxygen atoms in total. The fourth-order valence-corrected chi connectivity index (χ4v) is 2.06. The maximum Gasteiger partial charge on any atom is 0.355 e. The maximum atomic E-state index is 11.0. The Morgan fingerprint density at radius 2 is 1.37 bits per heavy atom. The smallest absolute Gasteiger partial charge is 0.355 e. The summed E-state index contributed by atoms with van der Waals surface area (Å²) in [5.41, 5.74) is -0.890. The highest BCUT2D eigenvalue weighted by Crippen LogP contribution is 2.37. The molecule has 106 valence electrons. The van der Waals surface area contributed by atoms with Crippen LogP contribution < -0.4 is 8.37 Å². The molecule has 0 aromatic heterocycles. The third-order valence-corrected chi connectivity index (χ3v) is 2.59. The molecule has 11 heteroatoms. The molecule has 0 unspecified atom stereocenters. The topological polar surface area (TPSA) is 130 Å². The van der Waals surface area contributed by atoms with E-state index in [2.05, 4.69) is 8.37 Å². The molecule has 0 saturated heterocycles. The average molecular weight is 311 g/mol. The summed E-state index contributed by atoms with van der Waals surface area (Å²) in [5, 5.41) is 10.9. The summed E-state index contributed by atoms with van der Waals surface area (Å²) >= 11 is 0. The van der Waals surface area contributed by atoms with Crippen LogP contribution in [0.4, 0.5) is 5.69 Å². The van der Waals surface area contributed by atoms with Crippen molar-refractivity contribution in [2.45, 2.75) is 0 Å². The molecule has 19 heavy (non-hydrogen) atoms. The second kappa shape index (κ2) is 5.01. The van der Waals surface area contributed by atoms with E-state index in [0.717, 1.165) is 18.2 Å². The summed E-state index contributed by atoms with van der Waals surface area (Å²) in [6.45, 7) is 0. The van der Waals surface area contributed by atoms with E-state index in [1.807, 2.05) is 0 Å². The summed E-state index contributed by atoms with van der Waals surface area (Å²) < 4.78 is 52.7. The largest absolute Gasteiger partial charge is 0.375 e. The van der Waals surface area contributed by atoms with Gasteiger partial charge in [0.2, 0.25) is 11.5 Å². The molecule has 0 amide bonds. The predicted molar refractivity (Wildman–Crippen MR) is 64.0 cm³/mol. The van der Waals surface area contributed by atoms with E-state index >= 15 is 0 Å². The highest BCUT2D eigenvalue weighted by atomic mass is 32.2. The van der Waals surface area contributed by atoms with Crippen LogP contribution in [-0.2, 0) is 20.2 Å². The molecule has 0 radical (unpaired) electrons. The Morgan fingerprint density at radius 1 is 1.00 bits per heavy atom. The number of benzene rings is 1. The van der Waals surface area contributed by atoms with E-state index in [1.165, 1.54) is 0 Å². The normalized spacial score (nSPS) is 11.9. The van der Waals surface area contributed by atoms with Gasteiger partial charge in [-0.05, 0) is 12.1 Å². The molecule has 0 heterocycles. The van der Waals surface area contributed by atoms with Gasteiger partial charge in [-0.2, -0.15) is 16.8 Å². The third kappa shape index (κ3) is 4.71. The van der Waals surface area contributed by atoms with Crippen molar-refractivity contribution >= 4 is 25.9 Å². The predicted octanol–water partition coefficient (Wildman–Crippen LogP) is 0.272. The molecule has 0 N–H and O–H groups in total. The molecule has 0 aliphatic carbocycles. The molecule has 1 aromatic carbocycles. The van der Waals surface area contributed by atoms with Crippen LogP contribution in [0.25, 0.3) is 0 Å². The minimum Gasteiger partial charge on any atom is -0.375 e. The zero-order chi connectivity index (χ0) is 14.8. The molecule has 0 fully saturated rings. The molecule has 0 aliphatic heterocycles. The van der Waals surface area contributed by atoms with Crippen LogP contribution >= 0.6 is 0 Å². The van der Waals surface area contributed by atoms with Crippen molar-refractivity contribution in [1.29, 1.82) is 0 Å². The van der Waals surface area contributed by atoms with E-state index in [9.17, 15) is 26.9 Å². The molecule has 0 aliphatic rings. The van der Waals surface area contributed by atoms with Crippen LogP contribution in [0.5, 0.6) is 11.5 Å². The van der Waals surface area contributed by atoms with Gasteiger partial charge >= 0.3 is 25.9 Å². The maximum absolute atomic E-state index is 11.0. The van der Waals surface area contributed by atoms with Gasteiger partial charge in [0.15, 0.2) is 0 Å². The number of hydrogen-bond donors (Lipinski definition) is 0. The van der Waals surface area contributed by atoms with Crippen LogP contribution in [0, 0.1) is 10.1 Å².